The van der Waals surface area contributed by atoms with Crippen LogP contribution in [0.5, 0.6) is 0 Å². The summed E-state index contributed by atoms with van der Waals surface area (Å²) in [5.41, 5.74) is 3.53. The van der Waals surface area contributed by atoms with Gasteiger partial charge in [-0.25, -0.2) is 4.79 Å². The second kappa shape index (κ2) is 6.55. The zero-order chi connectivity index (χ0) is 18.9. The molecule has 4 N–H and O–H groups in total. The van der Waals surface area contributed by atoms with Crippen LogP contribution in [0.4, 0.5) is 18.2 Å². The summed E-state index contributed by atoms with van der Waals surface area (Å²) in [6.45, 7) is 1.43. The number of ether oxygens (including phenoxy) is 1. The first-order chi connectivity index (χ1) is 11.6. The molecule has 2 rings (SSSR count). The van der Waals surface area contributed by atoms with Crippen LogP contribution in [0, 0.1) is 6.92 Å². The van der Waals surface area contributed by atoms with Gasteiger partial charge in [-0.05, 0) is 12.5 Å². The van der Waals surface area contributed by atoms with Crippen LogP contribution in [0.25, 0.3) is 0 Å². The second-order valence-corrected chi connectivity index (χ2v) is 5.76. The number of methoxy groups -OCH3 is 1. The molecule has 2 heterocycles. The molecule has 0 aliphatic carbocycles. The van der Waals surface area contributed by atoms with Crippen LogP contribution in [0.1, 0.15) is 41.8 Å². The highest BCUT2D eigenvalue weighted by Crippen LogP contribution is 2.34. The molecule has 134 valence electrons. The number of hydrogen-bond donors (Lipinski definition) is 3. The minimum absolute atomic E-state index is 0.00806. The van der Waals surface area contributed by atoms with Crippen molar-refractivity contribution in [1.82, 2.24) is 10.2 Å². The molecule has 0 unspecified atom stereocenters. The van der Waals surface area contributed by atoms with Crippen molar-refractivity contribution in [3.63, 3.8) is 0 Å². The number of alkyl halides is 3. The van der Waals surface area contributed by atoms with Crippen LogP contribution in [0.2, 0.25) is 0 Å². The normalized spacial score (nSPS) is 11.2. The Kier molecular flexibility index (Phi) is 4.83. The number of nitrogens with one attached hydrogen (secondary N) is 2. The number of aromatic nitrogens is 2. The van der Waals surface area contributed by atoms with E-state index in [0.717, 1.165) is 7.11 Å². The number of carbonyl (C=O) groups excluding carboxylic acids is 3. The summed E-state index contributed by atoms with van der Waals surface area (Å²) >= 11 is 0.706. The number of anilines is 1. The van der Waals surface area contributed by atoms with Gasteiger partial charge in [0.2, 0.25) is 0 Å². The van der Waals surface area contributed by atoms with Gasteiger partial charge in [-0.2, -0.15) is 18.3 Å². The molecular weight excluding hydrogens is 365 g/mol. The highest BCUT2D eigenvalue weighted by atomic mass is 32.1. The number of H-pyrrole nitrogens is 1. The number of halogens is 3. The van der Waals surface area contributed by atoms with Crippen molar-refractivity contribution in [2.24, 2.45) is 5.73 Å². The Morgan fingerprint density at radius 3 is 2.48 bits per heavy atom. The molecule has 0 aliphatic rings. The average Bonchev–Trinajstić information content (AvgIpc) is 3.11. The predicted octanol–water partition coefficient (Wildman–Crippen LogP) is 1.94. The van der Waals surface area contributed by atoms with E-state index in [9.17, 15) is 27.6 Å². The highest BCUT2D eigenvalue weighted by Gasteiger charge is 2.34. The fourth-order valence-corrected chi connectivity index (χ4v) is 2.98. The summed E-state index contributed by atoms with van der Waals surface area (Å²) in [5, 5.41) is 7.14. The van der Waals surface area contributed by atoms with Crippen molar-refractivity contribution in [2.75, 3.05) is 12.4 Å². The van der Waals surface area contributed by atoms with Crippen LogP contribution in [-0.2, 0) is 10.9 Å². The molecule has 0 saturated heterocycles. The van der Waals surface area contributed by atoms with E-state index in [1.165, 1.54) is 6.92 Å². The summed E-state index contributed by atoms with van der Waals surface area (Å²) in [4.78, 5) is 35.3. The van der Waals surface area contributed by atoms with E-state index in [-0.39, 0.29) is 21.0 Å². The first-order valence-corrected chi connectivity index (χ1v) is 7.33. The van der Waals surface area contributed by atoms with Crippen molar-refractivity contribution >= 4 is 34.1 Å². The molecule has 2 aromatic rings. The van der Waals surface area contributed by atoms with Crippen LogP contribution >= 0.6 is 11.3 Å². The van der Waals surface area contributed by atoms with Gasteiger partial charge in [0.25, 0.3) is 11.8 Å². The predicted molar refractivity (Wildman–Crippen MR) is 80.5 cm³/mol. The van der Waals surface area contributed by atoms with E-state index in [1.807, 2.05) is 0 Å². The third-order valence-electron chi connectivity index (χ3n) is 3.10. The lowest BCUT2D eigenvalue weighted by Gasteiger charge is -2.04. The molecule has 25 heavy (non-hydrogen) atoms. The van der Waals surface area contributed by atoms with Gasteiger partial charge < -0.3 is 15.8 Å². The van der Waals surface area contributed by atoms with Gasteiger partial charge >= 0.3 is 12.1 Å². The molecule has 0 saturated carbocycles. The Morgan fingerprint density at radius 1 is 1.36 bits per heavy atom. The quantitative estimate of drug-likeness (QED) is 0.703. The molecule has 0 bridgehead atoms. The molecule has 0 spiro atoms. The minimum Gasteiger partial charge on any atom is -0.465 e. The first kappa shape index (κ1) is 18.4. The van der Waals surface area contributed by atoms with Gasteiger partial charge in [0.15, 0.2) is 5.69 Å². The molecule has 0 aromatic carbocycles. The molecule has 0 radical (unpaired) electrons. The van der Waals surface area contributed by atoms with E-state index >= 15 is 0 Å². The number of amides is 2. The molecule has 12 heteroatoms. The molecule has 2 amide bonds. The molecule has 0 fully saturated rings. The number of carbonyl (C=O) groups is 3. The smallest absolute Gasteiger partial charge is 0.432 e. The highest BCUT2D eigenvalue weighted by molar-refractivity contribution is 7.18. The number of hydrogen-bond acceptors (Lipinski definition) is 6. The Morgan fingerprint density at radius 2 is 2.00 bits per heavy atom. The van der Waals surface area contributed by atoms with Crippen molar-refractivity contribution in [3.05, 3.63) is 33.5 Å². The maximum atomic E-state index is 12.5. The van der Waals surface area contributed by atoms with Crippen LogP contribution in [0.15, 0.2) is 6.07 Å². The number of esters is 1. The van der Waals surface area contributed by atoms with Crippen LogP contribution in [-0.4, -0.2) is 35.1 Å². The topological polar surface area (TPSA) is 127 Å². The zero-order valence-corrected chi connectivity index (χ0v) is 13.6. The fourth-order valence-electron chi connectivity index (χ4n) is 1.93. The van der Waals surface area contributed by atoms with Gasteiger partial charge in [-0.15, -0.1) is 11.3 Å². The second-order valence-electron chi connectivity index (χ2n) is 4.73. The number of nitrogens with zero attached hydrogens (tertiary/aromatic N) is 1. The monoisotopic (exact) mass is 376 g/mol. The molecular formula is C13H11F3N4O4S. The van der Waals surface area contributed by atoms with Crippen molar-refractivity contribution in [1.29, 1.82) is 0 Å². The number of nitrogens with two attached hydrogens (primary N) is 1. The molecule has 0 atom stereocenters. The van der Waals surface area contributed by atoms with Gasteiger partial charge in [0.05, 0.1) is 17.6 Å². The van der Waals surface area contributed by atoms with Gasteiger partial charge in [-0.3, -0.25) is 14.7 Å². The van der Waals surface area contributed by atoms with E-state index in [2.05, 4.69) is 15.2 Å². The Bertz CT molecular complexity index is 856. The van der Waals surface area contributed by atoms with Crippen LogP contribution in [0.3, 0.4) is 0 Å². The number of aromatic amines is 1. The lowest BCUT2D eigenvalue weighted by molar-refractivity contribution is -0.141. The molecule has 2 aromatic heterocycles. The minimum atomic E-state index is -4.69. The van der Waals surface area contributed by atoms with E-state index in [4.69, 9.17) is 5.73 Å². The summed E-state index contributed by atoms with van der Waals surface area (Å²) in [7, 11) is 1.10. The third kappa shape index (κ3) is 3.63. The average molecular weight is 376 g/mol. The van der Waals surface area contributed by atoms with E-state index in [0.29, 0.717) is 17.4 Å². The summed E-state index contributed by atoms with van der Waals surface area (Å²) in [5.74, 6) is -2.67. The maximum Gasteiger partial charge on any atom is 0.432 e. The van der Waals surface area contributed by atoms with Crippen molar-refractivity contribution < 1.29 is 32.3 Å². The lowest BCUT2D eigenvalue weighted by atomic mass is 10.1. The number of primary amides is 1. The lowest BCUT2D eigenvalue weighted by Crippen LogP contribution is -2.15. The van der Waals surface area contributed by atoms with Crippen molar-refractivity contribution in [2.45, 2.75) is 13.1 Å². The van der Waals surface area contributed by atoms with Gasteiger partial charge in [0.1, 0.15) is 10.7 Å². The zero-order valence-electron chi connectivity index (χ0n) is 12.8. The van der Waals surface area contributed by atoms with Crippen molar-refractivity contribution in [3.8, 4) is 0 Å². The molecule has 0 aliphatic heterocycles. The largest absolute Gasteiger partial charge is 0.465 e. The summed E-state index contributed by atoms with van der Waals surface area (Å²) in [6.07, 6.45) is -4.69. The fraction of sp³-hybridized carbons (Fsp3) is 0.231. The maximum absolute atomic E-state index is 12.5. The van der Waals surface area contributed by atoms with Gasteiger partial charge in [0, 0.05) is 6.07 Å². The number of thiophene rings is 1. The molecule has 8 nitrogen and oxygen atoms in total. The number of rotatable bonds is 4. The Balaban J connectivity index is 2.37. The summed E-state index contributed by atoms with van der Waals surface area (Å²) < 4.78 is 42.2. The van der Waals surface area contributed by atoms with Crippen LogP contribution < -0.4 is 11.1 Å². The first-order valence-electron chi connectivity index (χ1n) is 6.51. The van der Waals surface area contributed by atoms with E-state index < -0.39 is 35.3 Å². The summed E-state index contributed by atoms with van der Waals surface area (Å²) in [6, 6.07) is 0.516. The van der Waals surface area contributed by atoms with Gasteiger partial charge in [-0.1, -0.05) is 0 Å². The Labute approximate surface area is 142 Å². The van der Waals surface area contributed by atoms with E-state index in [1.54, 1.807) is 5.10 Å². The third-order valence-corrected chi connectivity index (χ3v) is 4.32. The SMILES string of the molecule is COC(=O)c1c(NC(=O)c2cc(C(F)(F)F)[nH]n2)sc(C(N)=O)c1C. The standard InChI is InChI=1S/C13H11F3N4O4S/c1-4-7(12(23)24-2)11(25-8(4)9(17)21)18-10(22)5-3-6(20-19-5)13(14,15)16/h3H,1-2H3,(H2,17,21)(H,18,22)(H,19,20). The Hall–Kier alpha value is -2.89.